The van der Waals surface area contributed by atoms with E-state index in [4.69, 9.17) is 11.6 Å². The maximum Gasteiger partial charge on any atom is 0.191 e. The van der Waals surface area contributed by atoms with Crippen LogP contribution in [0.1, 0.15) is 29.0 Å². The third-order valence-electron chi connectivity index (χ3n) is 3.27. The van der Waals surface area contributed by atoms with Crippen molar-refractivity contribution in [3.05, 3.63) is 56.7 Å². The highest BCUT2D eigenvalue weighted by molar-refractivity contribution is 14.0. The first kappa shape index (κ1) is 21.2. The van der Waals surface area contributed by atoms with Crippen LogP contribution in [0.4, 0.5) is 0 Å². The second-order valence-corrected chi connectivity index (χ2v) is 6.97. The Bertz CT molecular complexity index is 646. The molecule has 0 aliphatic rings. The number of halogens is 2. The average molecular weight is 480 g/mol. The number of aliphatic imine (C=N–C) groups is 1. The van der Waals surface area contributed by atoms with Crippen molar-refractivity contribution < 1.29 is 5.11 Å². The van der Waals surface area contributed by atoms with Gasteiger partial charge in [-0.2, -0.15) is 0 Å². The van der Waals surface area contributed by atoms with Gasteiger partial charge in [0.1, 0.15) is 6.10 Å². The number of aryl methyl sites for hydroxylation is 1. The molecule has 132 valence electrons. The molecule has 0 spiro atoms. The van der Waals surface area contributed by atoms with Crippen LogP contribution in [-0.2, 0) is 6.54 Å². The summed E-state index contributed by atoms with van der Waals surface area (Å²) >= 11 is 7.28. The Balaban J connectivity index is 0.00000288. The van der Waals surface area contributed by atoms with Crippen molar-refractivity contribution in [1.29, 1.82) is 0 Å². The molecule has 1 aromatic carbocycles. The van der Waals surface area contributed by atoms with Gasteiger partial charge in [-0.15, -0.1) is 35.3 Å². The Kier molecular flexibility index (Phi) is 9.65. The predicted molar refractivity (Wildman–Crippen MR) is 114 cm³/mol. The molecule has 7 heteroatoms. The summed E-state index contributed by atoms with van der Waals surface area (Å²) in [5, 5.41) is 16.5. The van der Waals surface area contributed by atoms with Crippen molar-refractivity contribution in [3.8, 4) is 0 Å². The van der Waals surface area contributed by atoms with Gasteiger partial charge < -0.3 is 15.7 Å². The van der Waals surface area contributed by atoms with E-state index >= 15 is 0 Å². The lowest BCUT2D eigenvalue weighted by atomic mass is 10.1. The van der Waals surface area contributed by atoms with E-state index in [0.29, 0.717) is 23.4 Å². The Morgan fingerprint density at radius 3 is 2.50 bits per heavy atom. The molecule has 3 N–H and O–H groups in total. The molecule has 0 aliphatic heterocycles. The number of aliphatic hydroxyl groups is 1. The molecular weight excluding hydrogens is 457 g/mol. The zero-order valence-corrected chi connectivity index (χ0v) is 17.7. The summed E-state index contributed by atoms with van der Waals surface area (Å²) in [5.74, 6) is 0.690. The van der Waals surface area contributed by atoms with Crippen molar-refractivity contribution in [3.63, 3.8) is 0 Å². The molecule has 0 aliphatic carbocycles. The van der Waals surface area contributed by atoms with Crippen LogP contribution in [0.5, 0.6) is 0 Å². The van der Waals surface area contributed by atoms with Gasteiger partial charge in [-0.1, -0.05) is 41.4 Å². The van der Waals surface area contributed by atoms with E-state index in [1.807, 2.05) is 13.0 Å². The van der Waals surface area contributed by atoms with Gasteiger partial charge in [0, 0.05) is 18.0 Å². The highest BCUT2D eigenvalue weighted by atomic mass is 127. The van der Waals surface area contributed by atoms with Crippen molar-refractivity contribution in [2.24, 2.45) is 4.99 Å². The van der Waals surface area contributed by atoms with Gasteiger partial charge >= 0.3 is 0 Å². The van der Waals surface area contributed by atoms with Crippen LogP contribution in [-0.4, -0.2) is 24.2 Å². The molecule has 0 radical (unpaired) electrons. The van der Waals surface area contributed by atoms with E-state index in [0.717, 1.165) is 17.0 Å². The number of hydrogen-bond acceptors (Lipinski definition) is 3. The summed E-state index contributed by atoms with van der Waals surface area (Å²) in [5.41, 5.74) is 2.39. The second-order valence-electron chi connectivity index (χ2n) is 5.22. The zero-order valence-electron chi connectivity index (χ0n) is 13.8. The second kappa shape index (κ2) is 10.9. The van der Waals surface area contributed by atoms with Crippen LogP contribution in [0.25, 0.3) is 0 Å². The molecule has 0 bridgehead atoms. The highest BCUT2D eigenvalue weighted by Crippen LogP contribution is 2.26. The minimum absolute atomic E-state index is 0. The first-order chi connectivity index (χ1) is 11.1. The van der Waals surface area contributed by atoms with E-state index in [9.17, 15) is 5.11 Å². The number of thiophene rings is 1. The van der Waals surface area contributed by atoms with Crippen molar-refractivity contribution >= 4 is 52.9 Å². The number of guanidine groups is 1. The van der Waals surface area contributed by atoms with E-state index in [-0.39, 0.29) is 24.0 Å². The van der Waals surface area contributed by atoms with Crippen molar-refractivity contribution in [1.82, 2.24) is 10.6 Å². The molecule has 1 atom stereocenters. The number of hydrogen-bond donors (Lipinski definition) is 3. The Hall–Kier alpha value is -0.830. The van der Waals surface area contributed by atoms with Crippen LogP contribution in [0.15, 0.2) is 41.4 Å². The number of nitrogens with one attached hydrogen (secondary N) is 2. The molecule has 24 heavy (non-hydrogen) atoms. The van der Waals surface area contributed by atoms with Crippen LogP contribution >= 0.6 is 46.9 Å². The molecule has 0 amide bonds. The Morgan fingerprint density at radius 1 is 1.21 bits per heavy atom. The molecule has 4 nitrogen and oxygen atoms in total. The molecule has 1 unspecified atom stereocenters. The summed E-state index contributed by atoms with van der Waals surface area (Å²) in [7, 11) is 0. The van der Waals surface area contributed by atoms with Crippen molar-refractivity contribution in [2.75, 3.05) is 13.1 Å². The fourth-order valence-corrected chi connectivity index (χ4v) is 3.05. The summed E-state index contributed by atoms with van der Waals surface area (Å²) < 4.78 is 0.680. The summed E-state index contributed by atoms with van der Waals surface area (Å²) in [4.78, 5) is 5.39. The third-order valence-corrected chi connectivity index (χ3v) is 4.60. The van der Waals surface area contributed by atoms with Gasteiger partial charge in [-0.05, 0) is 31.5 Å². The minimum Gasteiger partial charge on any atom is -0.386 e. The van der Waals surface area contributed by atoms with Gasteiger partial charge in [-0.3, -0.25) is 0 Å². The van der Waals surface area contributed by atoms with Crippen LogP contribution < -0.4 is 10.6 Å². The maximum absolute atomic E-state index is 10.2. The molecule has 2 rings (SSSR count). The molecular formula is C17H23ClIN3OS. The zero-order chi connectivity index (χ0) is 16.7. The molecule has 0 saturated heterocycles. The molecule has 2 aromatic rings. The maximum atomic E-state index is 10.2. The fourth-order valence-electron chi connectivity index (χ4n) is 2.01. The normalized spacial score (nSPS) is 12.4. The molecule has 0 saturated carbocycles. The quantitative estimate of drug-likeness (QED) is 0.332. The standard InChI is InChI=1S/C17H22ClN3OS.HI/c1-3-19-17(20-10-13-6-4-12(2)5-7-13)21-11-14(22)15-8-9-16(18)23-15;/h4-9,14,22H,3,10-11H2,1-2H3,(H2,19,20,21);1H. The topological polar surface area (TPSA) is 56.7 Å². The van der Waals surface area contributed by atoms with Crippen LogP contribution in [0.3, 0.4) is 0 Å². The van der Waals surface area contributed by atoms with E-state index < -0.39 is 6.10 Å². The van der Waals surface area contributed by atoms with E-state index in [2.05, 4.69) is 46.8 Å². The summed E-state index contributed by atoms with van der Waals surface area (Å²) in [6.07, 6.45) is -0.601. The summed E-state index contributed by atoms with van der Waals surface area (Å²) in [6.45, 7) is 5.82. The first-order valence-corrected chi connectivity index (χ1v) is 8.79. The van der Waals surface area contributed by atoms with Gasteiger partial charge in [-0.25, -0.2) is 4.99 Å². The smallest absolute Gasteiger partial charge is 0.191 e. The highest BCUT2D eigenvalue weighted by Gasteiger charge is 2.10. The number of aliphatic hydroxyl groups excluding tert-OH is 1. The van der Waals surface area contributed by atoms with E-state index in [1.54, 1.807) is 6.07 Å². The lowest BCUT2D eigenvalue weighted by Crippen LogP contribution is -2.39. The van der Waals surface area contributed by atoms with Gasteiger partial charge in [0.25, 0.3) is 0 Å². The molecule has 1 aromatic heterocycles. The SMILES string of the molecule is CCNC(=NCc1ccc(C)cc1)NCC(O)c1ccc(Cl)s1.I. The van der Waals surface area contributed by atoms with E-state index in [1.165, 1.54) is 16.9 Å². The summed E-state index contributed by atoms with van der Waals surface area (Å²) in [6, 6.07) is 11.9. The van der Waals surface area contributed by atoms with Gasteiger partial charge in [0.05, 0.1) is 10.9 Å². The lowest BCUT2D eigenvalue weighted by Gasteiger charge is -2.14. The van der Waals surface area contributed by atoms with Crippen LogP contribution in [0.2, 0.25) is 4.34 Å². The first-order valence-electron chi connectivity index (χ1n) is 7.59. The number of rotatable bonds is 6. The fraction of sp³-hybridized carbons (Fsp3) is 0.353. The monoisotopic (exact) mass is 479 g/mol. The van der Waals surface area contributed by atoms with Gasteiger partial charge in [0.15, 0.2) is 5.96 Å². The minimum atomic E-state index is -0.601. The third kappa shape index (κ3) is 6.96. The van der Waals surface area contributed by atoms with Crippen molar-refractivity contribution in [2.45, 2.75) is 26.5 Å². The number of nitrogens with zero attached hydrogens (tertiary/aromatic N) is 1. The Labute approximate surface area is 169 Å². The molecule has 0 fully saturated rings. The molecule has 1 heterocycles. The number of benzene rings is 1. The largest absolute Gasteiger partial charge is 0.386 e. The lowest BCUT2D eigenvalue weighted by molar-refractivity contribution is 0.184. The van der Waals surface area contributed by atoms with Gasteiger partial charge in [0.2, 0.25) is 0 Å². The predicted octanol–water partition coefficient (Wildman–Crippen LogP) is 4.12. The van der Waals surface area contributed by atoms with Crippen LogP contribution in [0, 0.1) is 6.92 Å². The Morgan fingerprint density at radius 2 is 1.92 bits per heavy atom. The average Bonchev–Trinajstić information content (AvgIpc) is 2.98.